The van der Waals surface area contributed by atoms with Crippen molar-refractivity contribution in [2.24, 2.45) is 0 Å². The van der Waals surface area contributed by atoms with Crippen LogP contribution in [-0.4, -0.2) is 38.6 Å². The lowest BCUT2D eigenvalue weighted by Crippen LogP contribution is -2.12. The lowest BCUT2D eigenvalue weighted by molar-refractivity contribution is 0.0697. The number of carboxylic acids is 1. The van der Waals surface area contributed by atoms with Gasteiger partial charge in [0, 0.05) is 5.75 Å². The fraction of sp³-hybridized carbons (Fsp3) is 0.167. The van der Waals surface area contributed by atoms with Crippen molar-refractivity contribution in [3.05, 3.63) is 46.5 Å². The highest BCUT2D eigenvalue weighted by Gasteiger charge is 2.02. The van der Waals surface area contributed by atoms with Crippen LogP contribution >= 0.6 is 11.8 Å². The molecule has 0 saturated heterocycles. The van der Waals surface area contributed by atoms with Crippen LogP contribution in [0.1, 0.15) is 10.4 Å². The number of nitrogens with zero attached hydrogens (tertiary/aromatic N) is 2. The molecule has 7 nitrogen and oxygen atoms in total. The number of H-pyrrole nitrogens is 1. The summed E-state index contributed by atoms with van der Waals surface area (Å²) in [5.41, 5.74) is -0.273. The number of rotatable bonds is 6. The minimum absolute atomic E-state index is 0.213. The smallest absolute Gasteiger partial charge is 0.362 e. The van der Waals surface area contributed by atoms with Crippen LogP contribution in [0.5, 0.6) is 5.75 Å². The van der Waals surface area contributed by atoms with E-state index >= 15 is 0 Å². The minimum Gasteiger partial charge on any atom is -0.493 e. The van der Waals surface area contributed by atoms with Gasteiger partial charge >= 0.3 is 11.7 Å². The van der Waals surface area contributed by atoms with E-state index < -0.39 is 11.7 Å². The van der Waals surface area contributed by atoms with E-state index in [1.54, 1.807) is 12.1 Å². The van der Waals surface area contributed by atoms with Crippen LogP contribution in [0.25, 0.3) is 0 Å². The summed E-state index contributed by atoms with van der Waals surface area (Å²) in [6.07, 6.45) is 1.47. The van der Waals surface area contributed by atoms with Crippen LogP contribution in [0.15, 0.2) is 40.3 Å². The zero-order valence-corrected chi connectivity index (χ0v) is 11.1. The van der Waals surface area contributed by atoms with Gasteiger partial charge in [0.2, 0.25) is 0 Å². The second kappa shape index (κ2) is 6.71. The highest BCUT2D eigenvalue weighted by molar-refractivity contribution is 7.99. The maximum Gasteiger partial charge on any atom is 0.362 e. The predicted molar refractivity (Wildman–Crippen MR) is 72.3 cm³/mol. The normalized spacial score (nSPS) is 10.2. The molecular weight excluding hydrogens is 282 g/mol. The molecule has 0 aliphatic carbocycles. The van der Waals surface area contributed by atoms with E-state index in [9.17, 15) is 9.59 Å². The van der Waals surface area contributed by atoms with Gasteiger partial charge in [0.05, 0.1) is 18.4 Å². The van der Waals surface area contributed by atoms with Gasteiger partial charge in [-0.1, -0.05) is 0 Å². The van der Waals surface area contributed by atoms with E-state index in [2.05, 4.69) is 15.2 Å². The largest absolute Gasteiger partial charge is 0.493 e. The molecule has 0 aliphatic heterocycles. The summed E-state index contributed by atoms with van der Waals surface area (Å²) in [6.45, 7) is 0.408. The molecule has 2 rings (SSSR count). The minimum atomic E-state index is -0.972. The molecule has 0 atom stereocenters. The van der Waals surface area contributed by atoms with Gasteiger partial charge in [0.25, 0.3) is 0 Å². The molecule has 0 bridgehead atoms. The maximum atomic E-state index is 10.9. The molecule has 0 saturated carbocycles. The summed E-state index contributed by atoms with van der Waals surface area (Å²) >= 11 is 1.35. The number of carbonyl (C=O) groups is 1. The number of aromatic nitrogens is 3. The van der Waals surface area contributed by atoms with E-state index in [-0.39, 0.29) is 5.56 Å². The molecule has 0 spiro atoms. The third-order valence-electron chi connectivity index (χ3n) is 2.25. The summed E-state index contributed by atoms with van der Waals surface area (Å²) in [7, 11) is 0. The van der Waals surface area contributed by atoms with E-state index in [0.29, 0.717) is 23.1 Å². The van der Waals surface area contributed by atoms with Gasteiger partial charge in [-0.2, -0.15) is 10.1 Å². The maximum absolute atomic E-state index is 10.9. The highest BCUT2D eigenvalue weighted by atomic mass is 32.2. The number of nitrogens with one attached hydrogen (secondary N) is 1. The van der Waals surface area contributed by atoms with Crippen molar-refractivity contribution in [2.45, 2.75) is 5.03 Å². The molecule has 1 aromatic heterocycles. The van der Waals surface area contributed by atoms with Gasteiger partial charge < -0.3 is 9.84 Å². The van der Waals surface area contributed by atoms with Crippen molar-refractivity contribution in [1.82, 2.24) is 15.2 Å². The first-order valence-corrected chi connectivity index (χ1v) is 6.64. The number of hydrogen-bond donors (Lipinski definition) is 2. The van der Waals surface area contributed by atoms with Crippen LogP contribution in [0.2, 0.25) is 0 Å². The Bertz CT molecular complexity index is 642. The molecule has 1 heterocycles. The molecular formula is C12H11N3O4S. The first kappa shape index (κ1) is 14.1. The highest BCUT2D eigenvalue weighted by Crippen LogP contribution is 2.15. The molecule has 2 N–H and O–H groups in total. The second-order valence-electron chi connectivity index (χ2n) is 3.65. The van der Waals surface area contributed by atoms with Crippen LogP contribution < -0.4 is 10.4 Å². The fourth-order valence-electron chi connectivity index (χ4n) is 1.37. The number of hydrogen-bond acceptors (Lipinski definition) is 6. The number of aromatic carboxylic acids is 1. The molecule has 0 radical (unpaired) electrons. The molecule has 104 valence electrons. The predicted octanol–water partition coefficient (Wildman–Crippen LogP) is 1.03. The Morgan fingerprint density at radius 2 is 2.10 bits per heavy atom. The van der Waals surface area contributed by atoms with Crippen molar-refractivity contribution < 1.29 is 14.6 Å². The van der Waals surface area contributed by atoms with Crippen molar-refractivity contribution in [3.63, 3.8) is 0 Å². The Morgan fingerprint density at radius 3 is 2.75 bits per heavy atom. The first-order valence-electron chi connectivity index (χ1n) is 5.66. The Hall–Kier alpha value is -2.35. The molecule has 0 amide bonds. The van der Waals surface area contributed by atoms with Crippen molar-refractivity contribution in [3.8, 4) is 5.75 Å². The second-order valence-corrected chi connectivity index (χ2v) is 4.77. The number of carboxylic acid groups (broad SMARTS) is 1. The Labute approximate surface area is 118 Å². The Kier molecular flexibility index (Phi) is 4.72. The van der Waals surface area contributed by atoms with Gasteiger partial charge in [-0.05, 0) is 24.3 Å². The van der Waals surface area contributed by atoms with E-state index in [1.165, 1.54) is 30.1 Å². The number of aromatic amines is 1. The molecule has 0 aliphatic rings. The average Bonchev–Trinajstić information content (AvgIpc) is 2.44. The fourth-order valence-corrected chi connectivity index (χ4v) is 2.02. The number of benzene rings is 1. The summed E-state index contributed by atoms with van der Waals surface area (Å²) in [4.78, 5) is 25.3. The molecule has 20 heavy (non-hydrogen) atoms. The summed E-state index contributed by atoms with van der Waals surface area (Å²) in [5, 5.41) is 15.1. The first-order chi connectivity index (χ1) is 9.65. The van der Waals surface area contributed by atoms with Crippen LogP contribution in [0, 0.1) is 0 Å². The van der Waals surface area contributed by atoms with Gasteiger partial charge in [0.1, 0.15) is 10.8 Å². The van der Waals surface area contributed by atoms with Crippen molar-refractivity contribution in [1.29, 1.82) is 0 Å². The SMILES string of the molecule is O=C(O)c1ccc(OCCSc2cn[nH]c(=O)n2)cc1. The molecule has 0 fully saturated rings. The van der Waals surface area contributed by atoms with E-state index in [1.807, 2.05) is 0 Å². The standard InChI is InChI=1S/C12H11N3O4S/c16-11(17)8-1-3-9(4-2-8)19-5-6-20-10-7-13-15-12(18)14-10/h1-4,7H,5-6H2,(H,16,17)(H,14,15,18). The Morgan fingerprint density at radius 1 is 1.35 bits per heavy atom. The van der Waals surface area contributed by atoms with Crippen molar-refractivity contribution >= 4 is 17.7 Å². The van der Waals surface area contributed by atoms with Gasteiger partial charge in [0.15, 0.2) is 0 Å². The summed E-state index contributed by atoms with van der Waals surface area (Å²) in [6, 6.07) is 6.16. The molecule has 1 aromatic carbocycles. The Balaban J connectivity index is 1.78. The van der Waals surface area contributed by atoms with Gasteiger partial charge in [-0.3, -0.25) is 0 Å². The van der Waals surface area contributed by atoms with Crippen molar-refractivity contribution in [2.75, 3.05) is 12.4 Å². The third kappa shape index (κ3) is 4.09. The van der Waals surface area contributed by atoms with Crippen LogP contribution in [0.3, 0.4) is 0 Å². The average molecular weight is 293 g/mol. The molecule has 0 unspecified atom stereocenters. The summed E-state index contributed by atoms with van der Waals surface area (Å²) < 4.78 is 5.44. The number of ether oxygens (including phenoxy) is 1. The van der Waals surface area contributed by atoms with E-state index in [4.69, 9.17) is 9.84 Å². The quantitative estimate of drug-likeness (QED) is 0.605. The van der Waals surface area contributed by atoms with Gasteiger partial charge in [-0.15, -0.1) is 11.8 Å². The lowest BCUT2D eigenvalue weighted by Gasteiger charge is -2.05. The third-order valence-corrected chi connectivity index (χ3v) is 3.11. The topological polar surface area (TPSA) is 105 Å². The lowest BCUT2D eigenvalue weighted by atomic mass is 10.2. The number of thioether (sulfide) groups is 1. The van der Waals surface area contributed by atoms with Crippen LogP contribution in [-0.2, 0) is 0 Å². The van der Waals surface area contributed by atoms with E-state index in [0.717, 1.165) is 0 Å². The zero-order chi connectivity index (χ0) is 14.4. The molecule has 2 aromatic rings. The van der Waals surface area contributed by atoms with Gasteiger partial charge in [-0.25, -0.2) is 14.7 Å². The monoisotopic (exact) mass is 293 g/mol. The zero-order valence-electron chi connectivity index (χ0n) is 10.3. The molecule has 8 heteroatoms. The van der Waals surface area contributed by atoms with Crippen LogP contribution in [0.4, 0.5) is 0 Å². The summed E-state index contributed by atoms with van der Waals surface area (Å²) in [5.74, 6) is 0.214.